The molecule has 0 spiro atoms. The van der Waals surface area contributed by atoms with Gasteiger partial charge in [-0.1, -0.05) is 60.3 Å². The lowest BCUT2D eigenvalue weighted by atomic mass is 10.2. The maximum atomic E-state index is 14.6. The van der Waals surface area contributed by atoms with Crippen LogP contribution in [0, 0.1) is 18.6 Å². The van der Waals surface area contributed by atoms with Gasteiger partial charge in [0.05, 0.1) is 11.4 Å². The molecular formula is C23H18F2N4OS. The molecule has 1 aromatic heterocycles. The van der Waals surface area contributed by atoms with E-state index in [0.717, 1.165) is 34.6 Å². The molecule has 0 bridgehead atoms. The second-order valence-electron chi connectivity index (χ2n) is 6.76. The quantitative estimate of drug-likeness (QED) is 0.419. The molecule has 1 heterocycles. The van der Waals surface area contributed by atoms with E-state index in [-0.39, 0.29) is 17.3 Å². The van der Waals surface area contributed by atoms with Crippen molar-refractivity contribution in [3.8, 4) is 17.1 Å². The summed E-state index contributed by atoms with van der Waals surface area (Å²) in [4.78, 5) is 12.5. The number of carbonyl (C=O) groups is 1. The van der Waals surface area contributed by atoms with E-state index in [2.05, 4.69) is 15.5 Å². The Balaban J connectivity index is 1.64. The average Bonchev–Trinajstić information content (AvgIpc) is 3.18. The zero-order valence-electron chi connectivity index (χ0n) is 16.5. The predicted octanol–water partition coefficient (Wildman–Crippen LogP) is 5.25. The van der Waals surface area contributed by atoms with Crippen molar-refractivity contribution in [3.63, 3.8) is 0 Å². The summed E-state index contributed by atoms with van der Waals surface area (Å²) in [6, 6.07) is 19.9. The molecule has 1 N–H and O–H groups in total. The molecule has 0 radical (unpaired) electrons. The third-order valence-corrected chi connectivity index (χ3v) is 5.50. The van der Waals surface area contributed by atoms with Gasteiger partial charge in [0.25, 0.3) is 0 Å². The molecular weight excluding hydrogens is 418 g/mol. The summed E-state index contributed by atoms with van der Waals surface area (Å²) in [5.41, 5.74) is 2.50. The second kappa shape index (κ2) is 9.09. The van der Waals surface area contributed by atoms with Crippen LogP contribution in [0.3, 0.4) is 0 Å². The minimum absolute atomic E-state index is 0.0457. The molecule has 1 amide bonds. The number of nitrogens with one attached hydrogen (secondary N) is 1. The summed E-state index contributed by atoms with van der Waals surface area (Å²) in [6.45, 7) is 1.91. The Morgan fingerprint density at radius 2 is 1.74 bits per heavy atom. The fourth-order valence-corrected chi connectivity index (χ4v) is 3.79. The summed E-state index contributed by atoms with van der Waals surface area (Å²) >= 11 is 1.12. The van der Waals surface area contributed by atoms with Gasteiger partial charge in [-0.2, -0.15) is 0 Å². The Kier molecular flexibility index (Phi) is 6.08. The van der Waals surface area contributed by atoms with Crippen molar-refractivity contribution in [1.29, 1.82) is 0 Å². The number of amides is 1. The first kappa shape index (κ1) is 20.7. The third-order valence-electron chi connectivity index (χ3n) is 4.57. The van der Waals surface area contributed by atoms with Gasteiger partial charge in [-0.15, -0.1) is 10.2 Å². The zero-order valence-corrected chi connectivity index (χ0v) is 17.4. The molecule has 5 nitrogen and oxygen atoms in total. The van der Waals surface area contributed by atoms with Crippen LogP contribution in [-0.4, -0.2) is 26.4 Å². The lowest BCUT2D eigenvalue weighted by Crippen LogP contribution is -2.15. The molecule has 8 heteroatoms. The minimum atomic E-state index is -0.747. The van der Waals surface area contributed by atoms with Crippen molar-refractivity contribution in [3.05, 3.63) is 90.0 Å². The summed E-state index contributed by atoms with van der Waals surface area (Å²) < 4.78 is 29.6. The van der Waals surface area contributed by atoms with Crippen molar-refractivity contribution in [2.24, 2.45) is 0 Å². The maximum Gasteiger partial charge on any atom is 0.234 e. The van der Waals surface area contributed by atoms with E-state index in [1.165, 1.54) is 16.7 Å². The minimum Gasteiger partial charge on any atom is -0.325 e. The number of nitrogens with zero attached hydrogens (tertiary/aromatic N) is 3. The van der Waals surface area contributed by atoms with Crippen LogP contribution in [-0.2, 0) is 4.79 Å². The van der Waals surface area contributed by atoms with Crippen LogP contribution in [0.1, 0.15) is 5.56 Å². The van der Waals surface area contributed by atoms with Gasteiger partial charge in [-0.05, 0) is 30.7 Å². The molecule has 0 aliphatic heterocycles. The molecule has 0 unspecified atom stereocenters. The van der Waals surface area contributed by atoms with Gasteiger partial charge in [0, 0.05) is 17.3 Å². The first-order valence-corrected chi connectivity index (χ1v) is 10.5. The molecule has 0 saturated carbocycles. The molecule has 4 rings (SSSR count). The first-order valence-electron chi connectivity index (χ1n) is 9.47. The average molecular weight is 436 g/mol. The van der Waals surface area contributed by atoms with Crippen molar-refractivity contribution in [2.45, 2.75) is 12.1 Å². The lowest BCUT2D eigenvalue weighted by molar-refractivity contribution is -0.113. The molecule has 0 saturated heterocycles. The largest absolute Gasteiger partial charge is 0.325 e. The van der Waals surface area contributed by atoms with E-state index in [0.29, 0.717) is 11.0 Å². The Bertz CT molecular complexity index is 1230. The highest BCUT2D eigenvalue weighted by Crippen LogP contribution is 2.29. The molecule has 31 heavy (non-hydrogen) atoms. The standard InChI is InChI=1S/C23H18F2N4OS/c1-15-7-5-6-10-19(15)26-21(30)14-31-23-28-27-22(16-8-3-2-4-9-16)29(23)20-12-11-17(24)13-18(20)25/h2-13H,14H2,1H3,(H,26,30). The van der Waals surface area contributed by atoms with E-state index in [1.807, 2.05) is 61.5 Å². The Labute approximate surface area is 182 Å². The molecule has 156 valence electrons. The molecule has 0 aliphatic carbocycles. The van der Waals surface area contributed by atoms with Crippen LogP contribution in [0.4, 0.5) is 14.5 Å². The monoisotopic (exact) mass is 436 g/mol. The summed E-state index contributed by atoms with van der Waals surface area (Å²) in [6.07, 6.45) is 0. The van der Waals surface area contributed by atoms with Gasteiger partial charge in [0.2, 0.25) is 5.91 Å². The van der Waals surface area contributed by atoms with E-state index < -0.39 is 11.6 Å². The van der Waals surface area contributed by atoms with Gasteiger partial charge in [0.15, 0.2) is 11.0 Å². The number of rotatable bonds is 6. The Morgan fingerprint density at radius 1 is 1.00 bits per heavy atom. The molecule has 0 fully saturated rings. The first-order chi connectivity index (χ1) is 15.0. The second-order valence-corrected chi connectivity index (χ2v) is 7.70. The summed E-state index contributed by atoms with van der Waals surface area (Å²) in [5.74, 6) is -1.21. The van der Waals surface area contributed by atoms with Crippen molar-refractivity contribution in [2.75, 3.05) is 11.1 Å². The Hall–Kier alpha value is -3.52. The van der Waals surface area contributed by atoms with E-state index >= 15 is 0 Å². The number of hydrogen-bond donors (Lipinski definition) is 1. The SMILES string of the molecule is Cc1ccccc1NC(=O)CSc1nnc(-c2ccccc2)n1-c1ccc(F)cc1F. The van der Waals surface area contributed by atoms with E-state index in [4.69, 9.17) is 0 Å². The highest BCUT2D eigenvalue weighted by atomic mass is 32.2. The number of para-hydroxylation sites is 1. The van der Waals surface area contributed by atoms with Crippen LogP contribution in [0.5, 0.6) is 0 Å². The normalized spacial score (nSPS) is 10.8. The fraction of sp³-hybridized carbons (Fsp3) is 0.0870. The van der Waals surface area contributed by atoms with Crippen LogP contribution in [0.2, 0.25) is 0 Å². The van der Waals surface area contributed by atoms with Gasteiger partial charge in [0.1, 0.15) is 11.6 Å². The van der Waals surface area contributed by atoms with Gasteiger partial charge in [-0.3, -0.25) is 9.36 Å². The number of aromatic nitrogens is 3. The van der Waals surface area contributed by atoms with Crippen molar-refractivity contribution in [1.82, 2.24) is 14.8 Å². The number of anilines is 1. The van der Waals surface area contributed by atoms with Gasteiger partial charge in [-0.25, -0.2) is 8.78 Å². The highest BCUT2D eigenvalue weighted by molar-refractivity contribution is 7.99. The fourth-order valence-electron chi connectivity index (χ4n) is 3.05. The van der Waals surface area contributed by atoms with Crippen molar-refractivity contribution >= 4 is 23.4 Å². The summed E-state index contributed by atoms with van der Waals surface area (Å²) in [5, 5.41) is 11.5. The number of hydrogen-bond acceptors (Lipinski definition) is 4. The molecule has 3 aromatic carbocycles. The van der Waals surface area contributed by atoms with Crippen LogP contribution in [0.25, 0.3) is 17.1 Å². The number of thioether (sulfide) groups is 1. The van der Waals surface area contributed by atoms with E-state index in [1.54, 1.807) is 0 Å². The highest BCUT2D eigenvalue weighted by Gasteiger charge is 2.20. The zero-order chi connectivity index (χ0) is 21.8. The number of benzene rings is 3. The number of aryl methyl sites for hydroxylation is 1. The smallest absolute Gasteiger partial charge is 0.234 e. The predicted molar refractivity (Wildman–Crippen MR) is 117 cm³/mol. The molecule has 0 atom stereocenters. The van der Waals surface area contributed by atoms with Gasteiger partial charge < -0.3 is 5.32 Å². The van der Waals surface area contributed by atoms with Crippen LogP contribution < -0.4 is 5.32 Å². The van der Waals surface area contributed by atoms with Crippen LogP contribution >= 0.6 is 11.8 Å². The van der Waals surface area contributed by atoms with Crippen molar-refractivity contribution < 1.29 is 13.6 Å². The Morgan fingerprint density at radius 3 is 2.48 bits per heavy atom. The number of carbonyl (C=O) groups excluding carboxylic acids is 1. The maximum absolute atomic E-state index is 14.6. The summed E-state index contributed by atoms with van der Waals surface area (Å²) in [7, 11) is 0. The van der Waals surface area contributed by atoms with Crippen LogP contribution in [0.15, 0.2) is 78.0 Å². The lowest BCUT2D eigenvalue weighted by Gasteiger charge is -2.12. The number of halogens is 2. The molecule has 0 aliphatic rings. The molecule has 4 aromatic rings. The van der Waals surface area contributed by atoms with Gasteiger partial charge >= 0.3 is 0 Å². The topological polar surface area (TPSA) is 59.8 Å². The third kappa shape index (κ3) is 4.64. The van der Waals surface area contributed by atoms with E-state index in [9.17, 15) is 13.6 Å².